The van der Waals surface area contributed by atoms with Crippen LogP contribution in [0.15, 0.2) is 18.2 Å². The number of benzene rings is 1. The first kappa shape index (κ1) is 16.8. The zero-order valence-electron chi connectivity index (χ0n) is 12.7. The number of carboxylic acids is 1. The van der Waals surface area contributed by atoms with E-state index in [2.05, 4.69) is 5.32 Å². The van der Waals surface area contributed by atoms with Crippen LogP contribution in [-0.2, 0) is 4.79 Å². The lowest BCUT2D eigenvalue weighted by Gasteiger charge is -2.17. The largest absolute Gasteiger partial charge is 0.493 e. The van der Waals surface area contributed by atoms with E-state index in [-0.39, 0.29) is 17.2 Å². The Morgan fingerprint density at radius 1 is 1.24 bits per heavy atom. The maximum atomic E-state index is 11.9. The van der Waals surface area contributed by atoms with Crippen LogP contribution < -0.4 is 14.8 Å². The number of nitrogens with one attached hydrogen (secondary N) is 1. The van der Waals surface area contributed by atoms with Crippen LogP contribution in [0.25, 0.3) is 0 Å². The van der Waals surface area contributed by atoms with Crippen molar-refractivity contribution in [3.63, 3.8) is 0 Å². The van der Waals surface area contributed by atoms with E-state index in [1.165, 1.54) is 25.3 Å². The third kappa shape index (κ3) is 4.98. The van der Waals surface area contributed by atoms with Crippen molar-refractivity contribution in [2.45, 2.75) is 26.9 Å². The third-order valence-corrected chi connectivity index (χ3v) is 2.77. The van der Waals surface area contributed by atoms with Crippen LogP contribution in [0.2, 0.25) is 0 Å². The van der Waals surface area contributed by atoms with Gasteiger partial charge in [0.25, 0.3) is 5.91 Å². The monoisotopic (exact) mass is 295 g/mol. The van der Waals surface area contributed by atoms with Crippen molar-refractivity contribution in [2.24, 2.45) is 5.92 Å². The minimum absolute atomic E-state index is 0.0700. The van der Waals surface area contributed by atoms with Crippen molar-refractivity contribution in [1.82, 2.24) is 5.32 Å². The van der Waals surface area contributed by atoms with Gasteiger partial charge in [-0.2, -0.15) is 0 Å². The van der Waals surface area contributed by atoms with E-state index in [1.54, 1.807) is 6.92 Å². The minimum atomic E-state index is -1.07. The summed E-state index contributed by atoms with van der Waals surface area (Å²) < 4.78 is 10.6. The summed E-state index contributed by atoms with van der Waals surface area (Å²) >= 11 is 0. The molecule has 6 nitrogen and oxygen atoms in total. The number of carbonyl (C=O) groups excluding carboxylic acids is 1. The molecule has 2 N–H and O–H groups in total. The lowest BCUT2D eigenvalue weighted by Crippen LogP contribution is -2.38. The molecular weight excluding hydrogens is 274 g/mol. The Kier molecular flexibility index (Phi) is 6.02. The van der Waals surface area contributed by atoms with Crippen molar-refractivity contribution >= 4 is 11.9 Å². The molecule has 21 heavy (non-hydrogen) atoms. The van der Waals surface area contributed by atoms with E-state index in [1.807, 2.05) is 13.8 Å². The normalized spacial score (nSPS) is 11.9. The number of amides is 1. The minimum Gasteiger partial charge on any atom is -0.493 e. The van der Waals surface area contributed by atoms with E-state index < -0.39 is 12.1 Å². The first-order chi connectivity index (χ1) is 9.85. The standard InChI is InChI=1S/C15H21NO5/c1-9(2)8-16-14(17)10(3)21-13-7-11(15(18)19)5-6-12(13)20-4/h5-7,9-10H,8H2,1-4H3,(H,16,17)(H,18,19). The maximum Gasteiger partial charge on any atom is 0.335 e. The molecule has 0 radical (unpaired) electrons. The highest BCUT2D eigenvalue weighted by molar-refractivity contribution is 5.88. The molecule has 1 atom stereocenters. The molecule has 1 amide bonds. The van der Waals surface area contributed by atoms with Crippen LogP contribution in [0.3, 0.4) is 0 Å². The summed E-state index contributed by atoms with van der Waals surface area (Å²) in [5.74, 6) is -0.384. The summed E-state index contributed by atoms with van der Waals surface area (Å²) in [5, 5.41) is 11.7. The van der Waals surface area contributed by atoms with Crippen LogP contribution in [0.1, 0.15) is 31.1 Å². The number of rotatable bonds is 7. The van der Waals surface area contributed by atoms with Gasteiger partial charge in [0, 0.05) is 6.54 Å². The van der Waals surface area contributed by atoms with Crippen molar-refractivity contribution in [1.29, 1.82) is 0 Å². The summed E-state index contributed by atoms with van der Waals surface area (Å²) in [6.45, 7) is 6.14. The summed E-state index contributed by atoms with van der Waals surface area (Å²) in [5.41, 5.74) is 0.0700. The van der Waals surface area contributed by atoms with Crippen LogP contribution in [0.5, 0.6) is 11.5 Å². The molecule has 0 saturated heterocycles. The van der Waals surface area contributed by atoms with Crippen LogP contribution >= 0.6 is 0 Å². The number of aromatic carboxylic acids is 1. The topological polar surface area (TPSA) is 84.9 Å². The Morgan fingerprint density at radius 3 is 2.43 bits per heavy atom. The molecule has 1 rings (SSSR count). The van der Waals surface area contributed by atoms with Gasteiger partial charge in [-0.05, 0) is 31.0 Å². The van der Waals surface area contributed by atoms with Gasteiger partial charge < -0.3 is 19.9 Å². The fraction of sp³-hybridized carbons (Fsp3) is 0.467. The van der Waals surface area contributed by atoms with Gasteiger partial charge in [0.1, 0.15) is 0 Å². The predicted molar refractivity (Wildman–Crippen MR) is 77.9 cm³/mol. The SMILES string of the molecule is COc1ccc(C(=O)O)cc1OC(C)C(=O)NCC(C)C. The second-order valence-corrected chi connectivity index (χ2v) is 5.07. The quantitative estimate of drug-likeness (QED) is 0.803. The van der Waals surface area contributed by atoms with Crippen molar-refractivity contribution < 1.29 is 24.2 Å². The second kappa shape index (κ2) is 7.52. The first-order valence-corrected chi connectivity index (χ1v) is 6.70. The number of carboxylic acid groups (broad SMARTS) is 1. The lowest BCUT2D eigenvalue weighted by molar-refractivity contribution is -0.127. The molecule has 0 aliphatic rings. The molecule has 0 aliphatic carbocycles. The van der Waals surface area contributed by atoms with Gasteiger partial charge in [-0.15, -0.1) is 0 Å². The van der Waals surface area contributed by atoms with Crippen molar-refractivity contribution in [2.75, 3.05) is 13.7 Å². The fourth-order valence-corrected chi connectivity index (χ4v) is 1.59. The summed E-state index contributed by atoms with van der Waals surface area (Å²) in [6, 6.07) is 4.25. The van der Waals surface area contributed by atoms with Gasteiger partial charge in [0.2, 0.25) is 0 Å². The molecular formula is C15H21NO5. The number of hydrogen-bond acceptors (Lipinski definition) is 4. The van der Waals surface area contributed by atoms with Gasteiger partial charge in [-0.3, -0.25) is 4.79 Å². The van der Waals surface area contributed by atoms with Gasteiger partial charge in [0.15, 0.2) is 17.6 Å². The number of ether oxygens (including phenoxy) is 2. The van der Waals surface area contributed by atoms with Crippen LogP contribution in [0.4, 0.5) is 0 Å². The van der Waals surface area contributed by atoms with Gasteiger partial charge in [-0.1, -0.05) is 13.8 Å². The highest BCUT2D eigenvalue weighted by Gasteiger charge is 2.18. The van der Waals surface area contributed by atoms with E-state index >= 15 is 0 Å². The molecule has 1 unspecified atom stereocenters. The average Bonchev–Trinajstić information content (AvgIpc) is 2.44. The number of methoxy groups -OCH3 is 1. The summed E-state index contributed by atoms with van der Waals surface area (Å²) in [6.07, 6.45) is -0.748. The molecule has 1 aromatic rings. The molecule has 116 valence electrons. The van der Waals surface area contributed by atoms with Crippen molar-refractivity contribution in [3.8, 4) is 11.5 Å². The Bertz CT molecular complexity index is 513. The summed E-state index contributed by atoms with van der Waals surface area (Å²) in [7, 11) is 1.45. The van der Waals surface area contributed by atoms with Crippen LogP contribution in [0, 0.1) is 5.92 Å². The molecule has 0 aliphatic heterocycles. The Balaban J connectivity index is 2.82. The molecule has 0 aromatic heterocycles. The third-order valence-electron chi connectivity index (χ3n) is 2.77. The zero-order valence-corrected chi connectivity index (χ0v) is 12.7. The Morgan fingerprint density at radius 2 is 1.90 bits per heavy atom. The smallest absolute Gasteiger partial charge is 0.335 e. The van der Waals surface area contributed by atoms with E-state index in [0.29, 0.717) is 18.2 Å². The molecule has 0 saturated carbocycles. The predicted octanol–water partition coefficient (Wildman–Crippen LogP) is 1.93. The zero-order chi connectivity index (χ0) is 16.0. The number of hydrogen-bond donors (Lipinski definition) is 2. The number of carbonyl (C=O) groups is 2. The highest BCUT2D eigenvalue weighted by atomic mass is 16.5. The van der Waals surface area contributed by atoms with Gasteiger partial charge in [-0.25, -0.2) is 4.79 Å². The Hall–Kier alpha value is -2.24. The van der Waals surface area contributed by atoms with Gasteiger partial charge in [0.05, 0.1) is 12.7 Å². The van der Waals surface area contributed by atoms with Crippen molar-refractivity contribution in [3.05, 3.63) is 23.8 Å². The molecule has 0 spiro atoms. The summed E-state index contributed by atoms with van der Waals surface area (Å²) in [4.78, 5) is 22.9. The first-order valence-electron chi connectivity index (χ1n) is 6.70. The van der Waals surface area contributed by atoms with Gasteiger partial charge >= 0.3 is 5.97 Å². The lowest BCUT2D eigenvalue weighted by atomic mass is 10.2. The maximum absolute atomic E-state index is 11.9. The molecule has 0 fully saturated rings. The average molecular weight is 295 g/mol. The van der Waals surface area contributed by atoms with Crippen LogP contribution in [-0.4, -0.2) is 36.7 Å². The van der Waals surface area contributed by atoms with E-state index in [9.17, 15) is 9.59 Å². The highest BCUT2D eigenvalue weighted by Crippen LogP contribution is 2.29. The Labute approximate surface area is 124 Å². The van der Waals surface area contributed by atoms with E-state index in [0.717, 1.165) is 0 Å². The van der Waals surface area contributed by atoms with E-state index in [4.69, 9.17) is 14.6 Å². The fourth-order valence-electron chi connectivity index (χ4n) is 1.59. The molecule has 0 bridgehead atoms. The molecule has 6 heteroatoms. The molecule has 0 heterocycles. The molecule has 1 aromatic carbocycles. The second-order valence-electron chi connectivity index (χ2n) is 5.07.